The number of aliphatic hydroxyl groups is 1. The number of phenols is 1. The van der Waals surface area contributed by atoms with E-state index in [1.54, 1.807) is 18.3 Å². The fraction of sp³-hybridized carbons (Fsp3) is 0.357. The minimum absolute atomic E-state index is 0.124. The van der Waals surface area contributed by atoms with Crippen molar-refractivity contribution in [1.82, 2.24) is 4.98 Å². The Balaban J connectivity index is 1.80. The number of pyridine rings is 1. The zero-order valence-electron chi connectivity index (χ0n) is 10.0. The van der Waals surface area contributed by atoms with Gasteiger partial charge in [0.05, 0.1) is 6.10 Å². The van der Waals surface area contributed by atoms with E-state index in [1.807, 2.05) is 12.1 Å². The van der Waals surface area contributed by atoms with Gasteiger partial charge in [-0.15, -0.1) is 0 Å². The number of aromatic nitrogens is 1. The molecule has 1 fully saturated rings. The lowest BCUT2D eigenvalue weighted by Crippen LogP contribution is -2.33. The van der Waals surface area contributed by atoms with Crippen molar-refractivity contribution in [3.63, 3.8) is 0 Å². The van der Waals surface area contributed by atoms with Crippen LogP contribution < -0.4 is 5.32 Å². The molecular formula is C14H16N2O2. The molecule has 0 saturated heterocycles. The Labute approximate surface area is 105 Å². The third kappa shape index (κ3) is 2.11. The maximum atomic E-state index is 9.54. The van der Waals surface area contributed by atoms with E-state index >= 15 is 0 Å². The molecule has 2 aromatic rings. The number of fused-ring (bicyclic) bond motifs is 1. The fourth-order valence-corrected chi connectivity index (χ4v) is 2.41. The molecule has 0 bridgehead atoms. The van der Waals surface area contributed by atoms with Gasteiger partial charge in [0.25, 0.3) is 0 Å². The standard InChI is InChI=1S/C14H16N2O2/c17-11-2-1-10-3-4-15-14(13(10)7-11)16-8-9-5-12(18)6-9/h1-4,7,9,12,17-18H,5-6,8H2,(H,15,16). The summed E-state index contributed by atoms with van der Waals surface area (Å²) in [5, 5.41) is 24.1. The van der Waals surface area contributed by atoms with Crippen molar-refractivity contribution in [2.75, 3.05) is 11.9 Å². The number of hydrogen-bond acceptors (Lipinski definition) is 4. The lowest BCUT2D eigenvalue weighted by Gasteiger charge is -2.31. The van der Waals surface area contributed by atoms with Crippen molar-refractivity contribution in [1.29, 1.82) is 0 Å². The number of benzene rings is 1. The topological polar surface area (TPSA) is 65.4 Å². The molecule has 0 unspecified atom stereocenters. The molecule has 1 aromatic heterocycles. The maximum absolute atomic E-state index is 9.54. The summed E-state index contributed by atoms with van der Waals surface area (Å²) < 4.78 is 0. The number of rotatable bonds is 3. The minimum atomic E-state index is -0.124. The first-order valence-corrected chi connectivity index (χ1v) is 6.22. The van der Waals surface area contributed by atoms with Gasteiger partial charge in [-0.2, -0.15) is 0 Å². The molecule has 3 N–H and O–H groups in total. The molecule has 0 spiro atoms. The summed E-state index contributed by atoms with van der Waals surface area (Å²) in [7, 11) is 0. The zero-order chi connectivity index (χ0) is 12.5. The SMILES string of the molecule is Oc1ccc2ccnc(NCC3CC(O)C3)c2c1. The van der Waals surface area contributed by atoms with Gasteiger partial charge in [0, 0.05) is 18.1 Å². The highest BCUT2D eigenvalue weighted by molar-refractivity contribution is 5.92. The van der Waals surface area contributed by atoms with Gasteiger partial charge in [-0.3, -0.25) is 0 Å². The predicted octanol–water partition coefficient (Wildman–Crippen LogP) is 2.12. The second kappa shape index (κ2) is 4.46. The Morgan fingerprint density at radius 1 is 1.28 bits per heavy atom. The molecule has 0 amide bonds. The second-order valence-electron chi connectivity index (χ2n) is 4.94. The Morgan fingerprint density at radius 2 is 2.11 bits per heavy atom. The van der Waals surface area contributed by atoms with Crippen molar-refractivity contribution in [3.8, 4) is 5.75 Å². The van der Waals surface area contributed by atoms with Gasteiger partial charge < -0.3 is 15.5 Å². The van der Waals surface area contributed by atoms with E-state index < -0.39 is 0 Å². The van der Waals surface area contributed by atoms with Gasteiger partial charge in [-0.05, 0) is 42.3 Å². The summed E-state index contributed by atoms with van der Waals surface area (Å²) >= 11 is 0. The molecule has 0 atom stereocenters. The molecule has 18 heavy (non-hydrogen) atoms. The van der Waals surface area contributed by atoms with E-state index in [0.717, 1.165) is 36.0 Å². The summed E-state index contributed by atoms with van der Waals surface area (Å²) in [6, 6.07) is 7.20. The third-order valence-electron chi connectivity index (χ3n) is 3.52. The molecule has 4 nitrogen and oxygen atoms in total. The highest BCUT2D eigenvalue weighted by Crippen LogP contribution is 2.29. The Morgan fingerprint density at radius 3 is 2.89 bits per heavy atom. The van der Waals surface area contributed by atoms with Crippen LogP contribution in [0.4, 0.5) is 5.82 Å². The van der Waals surface area contributed by atoms with Gasteiger partial charge in [-0.1, -0.05) is 6.07 Å². The first-order chi connectivity index (χ1) is 8.72. The summed E-state index contributed by atoms with van der Waals surface area (Å²) in [5.41, 5.74) is 0. The molecule has 3 rings (SSSR count). The highest BCUT2D eigenvalue weighted by atomic mass is 16.3. The number of anilines is 1. The quantitative estimate of drug-likeness (QED) is 0.773. The zero-order valence-corrected chi connectivity index (χ0v) is 10.0. The van der Waals surface area contributed by atoms with Crippen LogP contribution in [-0.4, -0.2) is 27.8 Å². The molecule has 1 aliphatic carbocycles. The van der Waals surface area contributed by atoms with E-state index in [9.17, 15) is 10.2 Å². The van der Waals surface area contributed by atoms with Crippen LogP contribution in [0.25, 0.3) is 10.8 Å². The average molecular weight is 244 g/mol. The number of phenolic OH excluding ortho intramolecular Hbond substituents is 1. The molecule has 0 radical (unpaired) electrons. The fourth-order valence-electron chi connectivity index (χ4n) is 2.41. The first kappa shape index (κ1) is 11.3. The second-order valence-corrected chi connectivity index (χ2v) is 4.94. The van der Waals surface area contributed by atoms with Gasteiger partial charge in [0.1, 0.15) is 11.6 Å². The van der Waals surface area contributed by atoms with Gasteiger partial charge in [0.2, 0.25) is 0 Å². The van der Waals surface area contributed by atoms with E-state index in [4.69, 9.17) is 0 Å². The summed E-state index contributed by atoms with van der Waals surface area (Å²) in [6.07, 6.45) is 3.37. The molecular weight excluding hydrogens is 228 g/mol. The van der Waals surface area contributed by atoms with Crippen LogP contribution in [-0.2, 0) is 0 Å². The first-order valence-electron chi connectivity index (χ1n) is 6.22. The largest absolute Gasteiger partial charge is 0.508 e. The molecule has 1 saturated carbocycles. The molecule has 4 heteroatoms. The van der Waals surface area contributed by atoms with Crippen LogP contribution in [0.15, 0.2) is 30.5 Å². The van der Waals surface area contributed by atoms with Gasteiger partial charge in [-0.25, -0.2) is 4.98 Å². The van der Waals surface area contributed by atoms with Crippen molar-refractivity contribution in [3.05, 3.63) is 30.5 Å². The van der Waals surface area contributed by atoms with Crippen molar-refractivity contribution >= 4 is 16.6 Å². The summed E-state index contributed by atoms with van der Waals surface area (Å²) in [6.45, 7) is 0.818. The number of nitrogens with zero attached hydrogens (tertiary/aromatic N) is 1. The van der Waals surface area contributed by atoms with Crippen LogP contribution in [0.2, 0.25) is 0 Å². The van der Waals surface area contributed by atoms with Crippen LogP contribution in [0, 0.1) is 5.92 Å². The van der Waals surface area contributed by atoms with Crippen LogP contribution in [0.1, 0.15) is 12.8 Å². The molecule has 1 aromatic carbocycles. The lowest BCUT2D eigenvalue weighted by atomic mass is 9.82. The lowest BCUT2D eigenvalue weighted by molar-refractivity contribution is 0.0487. The predicted molar refractivity (Wildman–Crippen MR) is 70.6 cm³/mol. The number of nitrogens with one attached hydrogen (secondary N) is 1. The number of aliphatic hydroxyl groups excluding tert-OH is 1. The minimum Gasteiger partial charge on any atom is -0.508 e. The van der Waals surface area contributed by atoms with Crippen molar-refractivity contribution in [2.24, 2.45) is 5.92 Å². The van der Waals surface area contributed by atoms with Gasteiger partial charge >= 0.3 is 0 Å². The number of hydrogen-bond donors (Lipinski definition) is 3. The van der Waals surface area contributed by atoms with Crippen molar-refractivity contribution in [2.45, 2.75) is 18.9 Å². The Kier molecular flexibility index (Phi) is 2.80. The van der Waals surface area contributed by atoms with E-state index in [1.165, 1.54) is 0 Å². The van der Waals surface area contributed by atoms with Crippen LogP contribution in [0.3, 0.4) is 0 Å². The van der Waals surface area contributed by atoms with E-state index in [0.29, 0.717) is 5.92 Å². The Bertz CT molecular complexity index is 565. The smallest absolute Gasteiger partial charge is 0.133 e. The van der Waals surface area contributed by atoms with Crippen LogP contribution in [0.5, 0.6) is 5.75 Å². The molecule has 0 aliphatic heterocycles. The monoisotopic (exact) mass is 244 g/mol. The van der Waals surface area contributed by atoms with E-state index in [2.05, 4.69) is 10.3 Å². The summed E-state index contributed by atoms with van der Waals surface area (Å²) in [4.78, 5) is 4.31. The van der Waals surface area contributed by atoms with E-state index in [-0.39, 0.29) is 11.9 Å². The molecule has 1 aliphatic rings. The maximum Gasteiger partial charge on any atom is 0.133 e. The number of aromatic hydroxyl groups is 1. The normalized spacial score (nSPS) is 22.7. The molecule has 94 valence electrons. The van der Waals surface area contributed by atoms with Crippen LogP contribution >= 0.6 is 0 Å². The molecule has 1 heterocycles. The summed E-state index contributed by atoms with van der Waals surface area (Å²) in [5.74, 6) is 1.57. The average Bonchev–Trinajstić information content (AvgIpc) is 2.33. The Hall–Kier alpha value is -1.81. The highest BCUT2D eigenvalue weighted by Gasteiger charge is 2.26. The van der Waals surface area contributed by atoms with Gasteiger partial charge in [0.15, 0.2) is 0 Å². The van der Waals surface area contributed by atoms with Crippen molar-refractivity contribution < 1.29 is 10.2 Å². The third-order valence-corrected chi connectivity index (χ3v) is 3.52.